The summed E-state index contributed by atoms with van der Waals surface area (Å²) in [6.07, 6.45) is 5.48. The molecule has 21 heavy (non-hydrogen) atoms. The van der Waals surface area contributed by atoms with E-state index in [1.165, 1.54) is 31.9 Å². The summed E-state index contributed by atoms with van der Waals surface area (Å²) in [5.41, 5.74) is 0.450. The summed E-state index contributed by atoms with van der Waals surface area (Å²) in [7, 11) is 0. The van der Waals surface area contributed by atoms with E-state index in [0.29, 0.717) is 23.6 Å². The van der Waals surface area contributed by atoms with Crippen molar-refractivity contribution < 1.29 is 14.3 Å². The SMILES string of the molecule is CC1(C)CCC(CNC(=O)NCC(O)c2ccco2)CC1. The molecule has 1 atom stereocenters. The molecule has 1 heterocycles. The molecule has 0 radical (unpaired) electrons. The number of carbonyl (C=O) groups excluding carboxylic acids is 1. The molecule has 1 fully saturated rings. The van der Waals surface area contributed by atoms with Gasteiger partial charge in [0.15, 0.2) is 0 Å². The average molecular weight is 294 g/mol. The fourth-order valence-corrected chi connectivity index (χ4v) is 2.73. The highest BCUT2D eigenvalue weighted by atomic mass is 16.4. The maximum Gasteiger partial charge on any atom is 0.314 e. The predicted octanol–water partition coefficient (Wildman–Crippen LogP) is 2.83. The third-order valence-electron chi connectivity index (χ3n) is 4.34. The zero-order chi connectivity index (χ0) is 15.3. The van der Waals surface area contributed by atoms with Crippen LogP contribution >= 0.6 is 0 Å². The molecule has 118 valence electrons. The first-order chi connectivity index (χ1) is 9.96. The van der Waals surface area contributed by atoms with Crippen LogP contribution in [0.25, 0.3) is 0 Å². The van der Waals surface area contributed by atoms with Crippen LogP contribution in [0, 0.1) is 11.3 Å². The Labute approximate surface area is 126 Å². The van der Waals surface area contributed by atoms with E-state index >= 15 is 0 Å². The molecule has 2 amide bonds. The van der Waals surface area contributed by atoms with Gasteiger partial charge in [-0.1, -0.05) is 13.8 Å². The van der Waals surface area contributed by atoms with Crippen LogP contribution in [0.4, 0.5) is 4.79 Å². The van der Waals surface area contributed by atoms with E-state index in [-0.39, 0.29) is 12.6 Å². The summed E-state index contributed by atoms with van der Waals surface area (Å²) in [5.74, 6) is 1.03. The smallest absolute Gasteiger partial charge is 0.314 e. The molecule has 1 aliphatic rings. The van der Waals surface area contributed by atoms with Crippen LogP contribution in [0.5, 0.6) is 0 Å². The molecular formula is C16H26N2O3. The van der Waals surface area contributed by atoms with E-state index in [1.54, 1.807) is 12.1 Å². The van der Waals surface area contributed by atoms with Crippen molar-refractivity contribution in [2.75, 3.05) is 13.1 Å². The first-order valence-corrected chi connectivity index (χ1v) is 7.69. The minimum absolute atomic E-state index is 0.150. The van der Waals surface area contributed by atoms with Gasteiger partial charge in [-0.05, 0) is 49.1 Å². The fourth-order valence-electron chi connectivity index (χ4n) is 2.73. The summed E-state index contributed by atoms with van der Waals surface area (Å²) >= 11 is 0. The Hall–Kier alpha value is -1.49. The monoisotopic (exact) mass is 294 g/mol. The number of urea groups is 1. The number of amides is 2. The summed E-state index contributed by atoms with van der Waals surface area (Å²) in [5, 5.41) is 15.4. The number of furan rings is 1. The van der Waals surface area contributed by atoms with Crippen molar-refractivity contribution in [3.8, 4) is 0 Å². The summed E-state index contributed by atoms with van der Waals surface area (Å²) < 4.78 is 5.08. The molecule has 1 aromatic rings. The molecule has 0 bridgehead atoms. The third-order valence-corrected chi connectivity index (χ3v) is 4.34. The second kappa shape index (κ2) is 6.98. The molecule has 0 spiro atoms. The summed E-state index contributed by atoms with van der Waals surface area (Å²) in [6.45, 7) is 5.47. The number of aliphatic hydroxyl groups excluding tert-OH is 1. The first kappa shape index (κ1) is 15.9. The van der Waals surface area contributed by atoms with Gasteiger partial charge >= 0.3 is 6.03 Å². The Balaban J connectivity index is 1.62. The van der Waals surface area contributed by atoms with Gasteiger partial charge in [0.05, 0.1) is 12.8 Å². The molecule has 0 saturated heterocycles. The topological polar surface area (TPSA) is 74.5 Å². The fraction of sp³-hybridized carbons (Fsp3) is 0.688. The second-order valence-electron chi connectivity index (χ2n) is 6.73. The molecule has 0 aliphatic heterocycles. The molecule has 2 rings (SSSR count). The Morgan fingerprint density at radius 2 is 2.14 bits per heavy atom. The number of rotatable bonds is 5. The molecule has 5 nitrogen and oxygen atoms in total. The number of aliphatic hydroxyl groups is 1. The molecule has 3 N–H and O–H groups in total. The first-order valence-electron chi connectivity index (χ1n) is 7.69. The van der Waals surface area contributed by atoms with Crippen molar-refractivity contribution in [1.29, 1.82) is 0 Å². The molecule has 1 unspecified atom stereocenters. The van der Waals surface area contributed by atoms with Gasteiger partial charge in [-0.3, -0.25) is 0 Å². The predicted molar refractivity (Wildman–Crippen MR) is 80.8 cm³/mol. The van der Waals surface area contributed by atoms with E-state index in [2.05, 4.69) is 24.5 Å². The molecule has 0 aromatic carbocycles. The van der Waals surface area contributed by atoms with Gasteiger partial charge in [0, 0.05) is 6.54 Å². The Bertz CT molecular complexity index is 432. The molecule has 1 aromatic heterocycles. The van der Waals surface area contributed by atoms with Crippen LogP contribution in [0.3, 0.4) is 0 Å². The minimum Gasteiger partial charge on any atom is -0.467 e. The maximum atomic E-state index is 11.7. The molecule has 5 heteroatoms. The van der Waals surface area contributed by atoms with Gasteiger partial charge in [-0.2, -0.15) is 0 Å². The lowest BCUT2D eigenvalue weighted by molar-refractivity contribution is 0.147. The van der Waals surface area contributed by atoms with Crippen molar-refractivity contribution in [3.63, 3.8) is 0 Å². The quantitative estimate of drug-likeness (QED) is 0.781. The van der Waals surface area contributed by atoms with Gasteiger partial charge in [-0.25, -0.2) is 4.79 Å². The zero-order valence-corrected chi connectivity index (χ0v) is 12.9. The van der Waals surface area contributed by atoms with Gasteiger partial charge in [0.2, 0.25) is 0 Å². The van der Waals surface area contributed by atoms with Gasteiger partial charge in [-0.15, -0.1) is 0 Å². The average Bonchev–Trinajstić information content (AvgIpc) is 2.98. The van der Waals surface area contributed by atoms with Crippen molar-refractivity contribution in [3.05, 3.63) is 24.2 Å². The summed E-state index contributed by atoms with van der Waals surface area (Å²) in [4.78, 5) is 11.7. The van der Waals surface area contributed by atoms with E-state index < -0.39 is 6.10 Å². The lowest BCUT2D eigenvalue weighted by atomic mass is 9.73. The van der Waals surface area contributed by atoms with E-state index in [0.717, 1.165) is 0 Å². The van der Waals surface area contributed by atoms with Crippen molar-refractivity contribution >= 4 is 6.03 Å². The van der Waals surface area contributed by atoms with E-state index in [4.69, 9.17) is 4.42 Å². The van der Waals surface area contributed by atoms with Crippen molar-refractivity contribution in [2.45, 2.75) is 45.6 Å². The number of nitrogens with one attached hydrogen (secondary N) is 2. The lowest BCUT2D eigenvalue weighted by Crippen LogP contribution is -2.40. The van der Waals surface area contributed by atoms with Gasteiger partial charge in [0.1, 0.15) is 11.9 Å². The summed E-state index contributed by atoms with van der Waals surface area (Å²) in [6, 6.07) is 3.17. The molecule has 1 saturated carbocycles. The van der Waals surface area contributed by atoms with Crippen LogP contribution in [0.1, 0.15) is 51.4 Å². The maximum absolute atomic E-state index is 11.7. The van der Waals surface area contributed by atoms with Crippen LogP contribution in [-0.2, 0) is 0 Å². The Kier molecular flexibility index (Phi) is 5.28. The van der Waals surface area contributed by atoms with Crippen LogP contribution < -0.4 is 10.6 Å². The largest absolute Gasteiger partial charge is 0.467 e. The number of hydrogen-bond donors (Lipinski definition) is 3. The molecular weight excluding hydrogens is 268 g/mol. The molecule has 1 aliphatic carbocycles. The number of hydrogen-bond acceptors (Lipinski definition) is 3. The third kappa shape index (κ3) is 5.08. The highest BCUT2D eigenvalue weighted by molar-refractivity contribution is 5.73. The minimum atomic E-state index is -0.804. The Morgan fingerprint density at radius 1 is 1.43 bits per heavy atom. The van der Waals surface area contributed by atoms with Crippen molar-refractivity contribution in [1.82, 2.24) is 10.6 Å². The normalized spacial score (nSPS) is 20.0. The second-order valence-corrected chi connectivity index (χ2v) is 6.73. The van der Waals surface area contributed by atoms with Gasteiger partial charge in [0.25, 0.3) is 0 Å². The van der Waals surface area contributed by atoms with E-state index in [1.807, 2.05) is 0 Å². The zero-order valence-electron chi connectivity index (χ0n) is 12.9. The Morgan fingerprint density at radius 3 is 2.76 bits per heavy atom. The van der Waals surface area contributed by atoms with Crippen LogP contribution in [0.15, 0.2) is 22.8 Å². The van der Waals surface area contributed by atoms with E-state index in [9.17, 15) is 9.90 Å². The van der Waals surface area contributed by atoms with Gasteiger partial charge < -0.3 is 20.2 Å². The van der Waals surface area contributed by atoms with Crippen LogP contribution in [-0.4, -0.2) is 24.2 Å². The highest BCUT2D eigenvalue weighted by Gasteiger charge is 2.26. The van der Waals surface area contributed by atoms with Crippen LogP contribution in [0.2, 0.25) is 0 Å². The number of carbonyl (C=O) groups is 1. The van der Waals surface area contributed by atoms with Crippen molar-refractivity contribution in [2.24, 2.45) is 11.3 Å². The highest BCUT2D eigenvalue weighted by Crippen LogP contribution is 2.37. The lowest BCUT2D eigenvalue weighted by Gasteiger charge is -2.34. The standard InChI is InChI=1S/C16H26N2O3/c1-16(2)7-5-12(6-8-16)10-17-15(20)18-11-13(19)14-4-3-9-21-14/h3-4,9,12-13,19H,5-8,10-11H2,1-2H3,(H2,17,18,20).